The molecule has 0 spiro atoms. The van der Waals surface area contributed by atoms with Crippen LogP contribution in [0.4, 0.5) is 0 Å². The third kappa shape index (κ3) is 3.30. The van der Waals surface area contributed by atoms with Crippen molar-refractivity contribution in [1.29, 1.82) is 0 Å². The Morgan fingerprint density at radius 1 is 0.962 bits per heavy atom. The summed E-state index contributed by atoms with van der Waals surface area (Å²) in [5.74, 6) is 0. The van der Waals surface area contributed by atoms with Crippen molar-refractivity contribution in [3.63, 3.8) is 0 Å². The molecule has 0 atom stereocenters. The van der Waals surface area contributed by atoms with Crippen molar-refractivity contribution in [2.24, 2.45) is 0 Å². The van der Waals surface area contributed by atoms with Crippen LogP contribution in [-0.2, 0) is 13.1 Å². The summed E-state index contributed by atoms with van der Waals surface area (Å²) in [6.45, 7) is 3.02. The summed E-state index contributed by atoms with van der Waals surface area (Å²) in [6.07, 6.45) is 1.56. The van der Waals surface area contributed by atoms with E-state index in [0.29, 0.717) is 18.7 Å². The number of aryl methyl sites for hydroxylation is 1. The zero-order chi connectivity index (χ0) is 18.1. The van der Waals surface area contributed by atoms with E-state index in [4.69, 9.17) is 0 Å². The van der Waals surface area contributed by atoms with Gasteiger partial charge in [0.1, 0.15) is 6.33 Å². The third-order valence-electron chi connectivity index (χ3n) is 4.21. The summed E-state index contributed by atoms with van der Waals surface area (Å²) >= 11 is 3.41. The van der Waals surface area contributed by atoms with Crippen molar-refractivity contribution in [3.8, 4) is 0 Å². The van der Waals surface area contributed by atoms with Gasteiger partial charge in [0, 0.05) is 4.47 Å². The molecule has 0 amide bonds. The van der Waals surface area contributed by atoms with Crippen molar-refractivity contribution >= 4 is 27.1 Å². The molecule has 0 radical (unpaired) electrons. The van der Waals surface area contributed by atoms with Gasteiger partial charge in [-0.2, -0.15) is 0 Å². The predicted octanol–water partition coefficient (Wildman–Crippen LogP) is 3.16. The van der Waals surface area contributed by atoms with Gasteiger partial charge in [-0.15, -0.1) is 5.10 Å². The molecule has 0 fully saturated rings. The summed E-state index contributed by atoms with van der Waals surface area (Å²) in [5.41, 5.74) is 3.91. The summed E-state index contributed by atoms with van der Waals surface area (Å²) in [7, 11) is 0. The molecule has 0 aliphatic carbocycles. The summed E-state index contributed by atoms with van der Waals surface area (Å²) in [6, 6.07) is 16.0. The van der Waals surface area contributed by atoms with Crippen molar-refractivity contribution < 1.29 is 0 Å². The molecule has 0 bridgehead atoms. The van der Waals surface area contributed by atoms with Gasteiger partial charge in [0.25, 0.3) is 5.56 Å². The molecule has 4 rings (SSSR count). The van der Waals surface area contributed by atoms with Crippen LogP contribution in [0, 0.1) is 6.92 Å². The predicted molar refractivity (Wildman–Crippen MR) is 103 cm³/mol. The Morgan fingerprint density at radius 2 is 1.62 bits per heavy atom. The fraction of sp³-hybridized carbons (Fsp3) is 0.158. The van der Waals surface area contributed by atoms with Gasteiger partial charge >= 0.3 is 0 Å². The lowest BCUT2D eigenvalue weighted by Crippen LogP contribution is -2.21. The molecule has 0 aliphatic heterocycles. The van der Waals surface area contributed by atoms with Gasteiger partial charge in [-0.25, -0.2) is 9.67 Å². The molecular weight excluding hydrogens is 394 g/mol. The Labute approximate surface area is 158 Å². The Morgan fingerprint density at radius 3 is 2.35 bits per heavy atom. The number of halogens is 1. The number of hydrogen-bond acceptors (Lipinski definition) is 4. The molecule has 26 heavy (non-hydrogen) atoms. The minimum Gasteiger partial charge on any atom is -0.293 e. The van der Waals surface area contributed by atoms with Crippen LogP contribution in [-0.4, -0.2) is 24.5 Å². The van der Waals surface area contributed by atoms with E-state index in [2.05, 4.69) is 31.2 Å². The van der Waals surface area contributed by atoms with Gasteiger partial charge in [0.05, 0.1) is 13.1 Å². The van der Waals surface area contributed by atoms with Crippen molar-refractivity contribution in [2.75, 3.05) is 0 Å². The van der Waals surface area contributed by atoms with Gasteiger partial charge in [-0.3, -0.25) is 9.36 Å². The molecule has 2 aromatic carbocycles. The van der Waals surface area contributed by atoms with Gasteiger partial charge in [-0.1, -0.05) is 63.1 Å². The first kappa shape index (κ1) is 16.7. The fourth-order valence-corrected chi connectivity index (χ4v) is 3.02. The second kappa shape index (κ2) is 6.84. The maximum atomic E-state index is 12.7. The fourth-order valence-electron chi connectivity index (χ4n) is 2.76. The van der Waals surface area contributed by atoms with E-state index < -0.39 is 0 Å². The minimum atomic E-state index is -0.187. The molecule has 6 nitrogen and oxygen atoms in total. The highest BCUT2D eigenvalue weighted by molar-refractivity contribution is 9.10. The smallest absolute Gasteiger partial charge is 0.283 e. The Bertz CT molecular complexity index is 1110. The van der Waals surface area contributed by atoms with Crippen molar-refractivity contribution in [1.82, 2.24) is 24.5 Å². The molecule has 0 saturated heterocycles. The van der Waals surface area contributed by atoms with Crippen molar-refractivity contribution in [2.45, 2.75) is 20.0 Å². The Kier molecular flexibility index (Phi) is 4.38. The highest BCUT2D eigenvalue weighted by Crippen LogP contribution is 2.12. The van der Waals surface area contributed by atoms with Gasteiger partial charge in [0.15, 0.2) is 11.2 Å². The number of hydrogen-bond donors (Lipinski definition) is 0. The molecule has 0 unspecified atom stereocenters. The number of fused-ring (bicyclic) bond motifs is 1. The largest absolute Gasteiger partial charge is 0.293 e. The standard InChI is InChI=1S/C19H16BrN5O/c1-13-2-4-15(5-3-13)11-25-18-17(22-23-25)19(26)24(12-21-18)10-14-6-8-16(20)9-7-14/h2-9,12H,10-11H2,1H3. The molecule has 7 heteroatoms. The van der Waals surface area contributed by atoms with E-state index in [1.54, 1.807) is 15.6 Å². The second-order valence-electron chi connectivity index (χ2n) is 6.21. The van der Waals surface area contributed by atoms with Crippen LogP contribution in [0.3, 0.4) is 0 Å². The monoisotopic (exact) mass is 409 g/mol. The first-order valence-electron chi connectivity index (χ1n) is 8.19. The zero-order valence-electron chi connectivity index (χ0n) is 14.1. The van der Waals surface area contributed by atoms with E-state index in [-0.39, 0.29) is 11.1 Å². The topological polar surface area (TPSA) is 65.6 Å². The van der Waals surface area contributed by atoms with E-state index in [9.17, 15) is 4.79 Å². The first-order valence-corrected chi connectivity index (χ1v) is 8.98. The van der Waals surface area contributed by atoms with E-state index in [1.165, 1.54) is 5.56 Å². The van der Waals surface area contributed by atoms with Crippen LogP contribution in [0.5, 0.6) is 0 Å². The van der Waals surface area contributed by atoms with Gasteiger partial charge in [0.2, 0.25) is 0 Å². The first-order chi connectivity index (χ1) is 12.6. The average Bonchev–Trinajstić information content (AvgIpc) is 3.05. The van der Waals surface area contributed by atoms with Crippen LogP contribution in [0.2, 0.25) is 0 Å². The lowest BCUT2D eigenvalue weighted by atomic mass is 10.1. The molecular formula is C19H16BrN5O. The highest BCUT2D eigenvalue weighted by atomic mass is 79.9. The Hall–Kier alpha value is -2.80. The lowest BCUT2D eigenvalue weighted by Gasteiger charge is -2.06. The summed E-state index contributed by atoms with van der Waals surface area (Å²) in [5, 5.41) is 8.18. The minimum absolute atomic E-state index is 0.187. The molecule has 4 aromatic rings. The molecule has 2 heterocycles. The number of nitrogens with zero attached hydrogens (tertiary/aromatic N) is 5. The number of benzene rings is 2. The highest BCUT2D eigenvalue weighted by Gasteiger charge is 2.12. The maximum Gasteiger partial charge on any atom is 0.283 e. The molecule has 0 N–H and O–H groups in total. The summed E-state index contributed by atoms with van der Waals surface area (Å²) in [4.78, 5) is 17.1. The maximum absolute atomic E-state index is 12.7. The van der Waals surface area contributed by atoms with Crippen LogP contribution >= 0.6 is 15.9 Å². The van der Waals surface area contributed by atoms with Crippen LogP contribution < -0.4 is 5.56 Å². The van der Waals surface area contributed by atoms with Crippen LogP contribution in [0.25, 0.3) is 11.2 Å². The van der Waals surface area contributed by atoms with Crippen LogP contribution in [0.1, 0.15) is 16.7 Å². The molecule has 130 valence electrons. The quantitative estimate of drug-likeness (QED) is 0.519. The number of rotatable bonds is 4. The molecule has 0 saturated carbocycles. The second-order valence-corrected chi connectivity index (χ2v) is 7.12. The lowest BCUT2D eigenvalue weighted by molar-refractivity contribution is 0.662. The van der Waals surface area contributed by atoms with E-state index in [0.717, 1.165) is 15.6 Å². The van der Waals surface area contributed by atoms with Gasteiger partial charge < -0.3 is 0 Å². The van der Waals surface area contributed by atoms with Crippen LogP contribution in [0.15, 0.2) is 64.1 Å². The number of aromatic nitrogens is 5. The normalized spacial score (nSPS) is 11.2. The van der Waals surface area contributed by atoms with E-state index >= 15 is 0 Å². The summed E-state index contributed by atoms with van der Waals surface area (Å²) < 4.78 is 4.21. The SMILES string of the molecule is Cc1ccc(Cn2nnc3c(=O)n(Cc4ccc(Br)cc4)cnc32)cc1. The third-order valence-corrected chi connectivity index (χ3v) is 4.74. The molecule has 2 aromatic heterocycles. The average molecular weight is 410 g/mol. The zero-order valence-corrected chi connectivity index (χ0v) is 15.7. The van der Waals surface area contributed by atoms with Gasteiger partial charge in [-0.05, 0) is 30.2 Å². The molecule has 0 aliphatic rings. The van der Waals surface area contributed by atoms with Crippen molar-refractivity contribution in [3.05, 3.63) is 86.4 Å². The van der Waals surface area contributed by atoms with E-state index in [1.807, 2.05) is 55.5 Å². The Balaban J connectivity index is 1.65.